The molecular weight excluding hydrogens is 426 g/mol. The van der Waals surface area contributed by atoms with Crippen LogP contribution in [-0.4, -0.2) is 24.5 Å². The van der Waals surface area contributed by atoms with Gasteiger partial charge in [0.1, 0.15) is 11.5 Å². The first-order valence-corrected chi connectivity index (χ1v) is 12.6. The highest BCUT2D eigenvalue weighted by molar-refractivity contribution is 5.72. The van der Waals surface area contributed by atoms with Gasteiger partial charge in [-0.25, -0.2) is 0 Å². The number of hydrogen-bond acceptors (Lipinski definition) is 4. The summed E-state index contributed by atoms with van der Waals surface area (Å²) in [7, 11) is 0. The summed E-state index contributed by atoms with van der Waals surface area (Å²) >= 11 is 0. The Morgan fingerprint density at radius 1 is 1.12 bits per heavy atom. The van der Waals surface area contributed by atoms with Crippen molar-refractivity contribution in [1.82, 2.24) is 5.32 Å². The molecule has 184 valence electrons. The second-order valence-electron chi connectivity index (χ2n) is 9.82. The molecule has 1 heterocycles. The summed E-state index contributed by atoms with van der Waals surface area (Å²) in [5.74, 6) is 1.94. The van der Waals surface area contributed by atoms with E-state index in [1.165, 1.54) is 19.4 Å². The number of ether oxygens (including phenoxy) is 2. The first kappa shape index (κ1) is 25.8. The molecule has 0 spiro atoms. The van der Waals surface area contributed by atoms with Gasteiger partial charge in [-0.15, -0.1) is 0 Å². The summed E-state index contributed by atoms with van der Waals surface area (Å²) in [5, 5.41) is 2.90. The number of hydrogen-bond donors (Lipinski definition) is 1. The van der Waals surface area contributed by atoms with Crippen molar-refractivity contribution < 1.29 is 19.1 Å². The molecule has 5 heteroatoms. The summed E-state index contributed by atoms with van der Waals surface area (Å²) in [6.45, 7) is 10.1. The van der Waals surface area contributed by atoms with Gasteiger partial charge >= 0.3 is 5.97 Å². The van der Waals surface area contributed by atoms with Crippen LogP contribution in [-0.2, 0) is 16.0 Å². The molecule has 0 bridgehead atoms. The van der Waals surface area contributed by atoms with Crippen molar-refractivity contribution in [1.29, 1.82) is 0 Å². The second-order valence-corrected chi connectivity index (χ2v) is 9.82. The fraction of sp³-hybridized carbons (Fsp3) is 0.517. The quantitative estimate of drug-likeness (QED) is 0.337. The lowest BCUT2D eigenvalue weighted by molar-refractivity contribution is -0.132. The Hall–Kier alpha value is -2.82. The predicted molar refractivity (Wildman–Crippen MR) is 135 cm³/mol. The minimum Gasteiger partial charge on any atom is -0.490 e. The molecule has 1 aliphatic heterocycles. The molecule has 0 fully saturated rings. The van der Waals surface area contributed by atoms with Crippen molar-refractivity contribution in [3.63, 3.8) is 0 Å². The standard InChI is InChI=1S/C29H39NO4/c1-19(10-9-13-24-11-7-6-8-12-24)25-17-27-29(28(18-25)34-23(5)32)26(16-21(3)33-27)20(2)14-15-30-22(4)31/h6-8,11-12,17-21,26H,9-10,13-16H2,1-5H3,(H,30,31). The van der Waals surface area contributed by atoms with Crippen LogP contribution in [0, 0.1) is 5.92 Å². The molecule has 0 radical (unpaired) electrons. The third-order valence-corrected chi connectivity index (χ3v) is 6.84. The van der Waals surface area contributed by atoms with Crippen molar-refractivity contribution in [2.75, 3.05) is 6.54 Å². The van der Waals surface area contributed by atoms with E-state index in [2.05, 4.69) is 56.4 Å². The fourth-order valence-electron chi connectivity index (χ4n) is 4.97. The van der Waals surface area contributed by atoms with Gasteiger partial charge in [-0.05, 0) is 80.0 Å². The minimum atomic E-state index is -0.320. The average Bonchev–Trinajstić information content (AvgIpc) is 2.78. The van der Waals surface area contributed by atoms with Crippen molar-refractivity contribution in [2.24, 2.45) is 5.92 Å². The van der Waals surface area contributed by atoms with Gasteiger partial charge < -0.3 is 14.8 Å². The Morgan fingerprint density at radius 2 is 1.85 bits per heavy atom. The van der Waals surface area contributed by atoms with Crippen molar-refractivity contribution in [3.8, 4) is 11.5 Å². The number of esters is 1. The van der Waals surface area contributed by atoms with E-state index in [0.717, 1.165) is 49.0 Å². The smallest absolute Gasteiger partial charge is 0.308 e. The number of fused-ring (bicyclic) bond motifs is 1. The Morgan fingerprint density at radius 3 is 2.53 bits per heavy atom. The van der Waals surface area contributed by atoms with E-state index in [1.54, 1.807) is 0 Å². The van der Waals surface area contributed by atoms with E-state index in [9.17, 15) is 9.59 Å². The number of rotatable bonds is 10. The topological polar surface area (TPSA) is 64.6 Å². The van der Waals surface area contributed by atoms with Gasteiger partial charge in [0.25, 0.3) is 0 Å². The Balaban J connectivity index is 1.81. The monoisotopic (exact) mass is 465 g/mol. The van der Waals surface area contributed by atoms with Crippen LogP contribution in [0.4, 0.5) is 0 Å². The third kappa shape index (κ3) is 7.09. The van der Waals surface area contributed by atoms with Crippen molar-refractivity contribution in [3.05, 3.63) is 59.2 Å². The number of carbonyl (C=O) groups is 2. The van der Waals surface area contributed by atoms with Gasteiger partial charge in [0.15, 0.2) is 0 Å². The van der Waals surface area contributed by atoms with Crippen LogP contribution in [0.3, 0.4) is 0 Å². The molecule has 0 aliphatic carbocycles. The molecule has 0 saturated heterocycles. The molecule has 2 aromatic rings. The zero-order valence-corrected chi connectivity index (χ0v) is 21.2. The molecule has 1 N–H and O–H groups in total. The maximum absolute atomic E-state index is 12.0. The Kier molecular flexibility index (Phi) is 9.14. The van der Waals surface area contributed by atoms with Crippen molar-refractivity contribution in [2.45, 2.75) is 84.7 Å². The molecule has 34 heavy (non-hydrogen) atoms. The van der Waals surface area contributed by atoms with E-state index in [-0.39, 0.29) is 23.9 Å². The first-order valence-electron chi connectivity index (χ1n) is 12.6. The van der Waals surface area contributed by atoms with Crippen LogP contribution in [0.25, 0.3) is 0 Å². The highest BCUT2D eigenvalue weighted by Gasteiger charge is 2.34. The number of benzene rings is 2. The lowest BCUT2D eigenvalue weighted by Crippen LogP contribution is -2.29. The number of aryl methyl sites for hydroxylation is 1. The van der Waals surface area contributed by atoms with Gasteiger partial charge in [-0.3, -0.25) is 9.59 Å². The van der Waals surface area contributed by atoms with Crippen molar-refractivity contribution >= 4 is 11.9 Å². The number of nitrogens with one attached hydrogen (secondary N) is 1. The molecule has 1 aliphatic rings. The molecule has 3 rings (SSSR count). The highest BCUT2D eigenvalue weighted by Crippen LogP contribution is 2.48. The lowest BCUT2D eigenvalue weighted by atomic mass is 9.78. The van der Waals surface area contributed by atoms with E-state index in [0.29, 0.717) is 24.1 Å². The summed E-state index contributed by atoms with van der Waals surface area (Å²) in [4.78, 5) is 23.3. The van der Waals surface area contributed by atoms with E-state index in [4.69, 9.17) is 9.47 Å². The summed E-state index contributed by atoms with van der Waals surface area (Å²) in [6, 6.07) is 14.7. The van der Waals surface area contributed by atoms with Crippen LogP contribution < -0.4 is 14.8 Å². The summed E-state index contributed by atoms with van der Waals surface area (Å²) < 4.78 is 12.0. The van der Waals surface area contributed by atoms with Crippen LogP contribution in [0.2, 0.25) is 0 Å². The zero-order chi connectivity index (χ0) is 24.7. The number of amides is 1. The van der Waals surface area contributed by atoms with Gasteiger partial charge in [0.05, 0.1) is 6.10 Å². The Bertz CT molecular complexity index is 972. The van der Waals surface area contributed by atoms with Gasteiger partial charge in [-0.1, -0.05) is 44.2 Å². The first-order chi connectivity index (χ1) is 16.2. The molecular formula is C29H39NO4. The van der Waals surface area contributed by atoms with Crippen LogP contribution in [0.5, 0.6) is 11.5 Å². The molecule has 0 aromatic heterocycles. The van der Waals surface area contributed by atoms with Crippen LogP contribution in [0.1, 0.15) is 88.8 Å². The second kappa shape index (κ2) is 12.0. The predicted octanol–water partition coefficient (Wildman–Crippen LogP) is 6.16. The molecule has 4 atom stereocenters. The largest absolute Gasteiger partial charge is 0.490 e. The summed E-state index contributed by atoms with van der Waals surface area (Å²) in [5.41, 5.74) is 3.49. The van der Waals surface area contributed by atoms with E-state index in [1.807, 2.05) is 12.1 Å². The van der Waals surface area contributed by atoms with Gasteiger partial charge in [0, 0.05) is 26.0 Å². The molecule has 5 nitrogen and oxygen atoms in total. The lowest BCUT2D eigenvalue weighted by Gasteiger charge is -2.36. The molecule has 2 aromatic carbocycles. The van der Waals surface area contributed by atoms with Crippen LogP contribution >= 0.6 is 0 Å². The van der Waals surface area contributed by atoms with Crippen LogP contribution in [0.15, 0.2) is 42.5 Å². The molecule has 4 unspecified atom stereocenters. The normalized spacial score (nSPS) is 18.9. The number of carbonyl (C=O) groups excluding carboxylic acids is 2. The van der Waals surface area contributed by atoms with E-state index < -0.39 is 0 Å². The zero-order valence-electron chi connectivity index (χ0n) is 21.2. The fourth-order valence-corrected chi connectivity index (χ4v) is 4.97. The van der Waals surface area contributed by atoms with Gasteiger partial charge in [0.2, 0.25) is 5.91 Å². The average molecular weight is 466 g/mol. The SMILES string of the molecule is CC(=O)NCCC(C)C1CC(C)Oc2cc(C(C)CCCc3ccccc3)cc(OC(C)=O)c21. The van der Waals surface area contributed by atoms with Gasteiger partial charge in [-0.2, -0.15) is 0 Å². The third-order valence-electron chi connectivity index (χ3n) is 6.84. The Labute approximate surface area is 204 Å². The molecule has 0 saturated carbocycles. The highest BCUT2D eigenvalue weighted by atomic mass is 16.5. The minimum absolute atomic E-state index is 0.0144. The maximum atomic E-state index is 12.0. The van der Waals surface area contributed by atoms with E-state index >= 15 is 0 Å². The maximum Gasteiger partial charge on any atom is 0.308 e. The summed E-state index contributed by atoms with van der Waals surface area (Å²) in [6.07, 6.45) is 4.97. The molecule has 1 amide bonds.